The number of hydrogen-bond acceptors (Lipinski definition) is 7. The van der Waals surface area contributed by atoms with Gasteiger partial charge in [-0.1, -0.05) is 47.5 Å². The lowest BCUT2D eigenvalue weighted by Crippen LogP contribution is -2.63. The van der Waals surface area contributed by atoms with E-state index < -0.39 is 101 Å². The van der Waals surface area contributed by atoms with Crippen LogP contribution < -0.4 is 21.7 Å². The highest BCUT2D eigenvalue weighted by Gasteiger charge is 2.73. The second kappa shape index (κ2) is 11.9. The minimum Gasteiger partial charge on any atom is -0.464 e. The van der Waals surface area contributed by atoms with E-state index in [0.717, 1.165) is 30.6 Å². The molecule has 5 amide bonds. The summed E-state index contributed by atoms with van der Waals surface area (Å²) in [5.74, 6) is -5.04. The van der Waals surface area contributed by atoms with Gasteiger partial charge in [0.2, 0.25) is 17.6 Å². The van der Waals surface area contributed by atoms with Crippen LogP contribution in [-0.4, -0.2) is 83.9 Å². The van der Waals surface area contributed by atoms with Gasteiger partial charge in [-0.15, -0.1) is 0 Å². The van der Waals surface area contributed by atoms with E-state index in [1.807, 2.05) is 13.8 Å². The zero-order valence-electron chi connectivity index (χ0n) is 27.5. The number of nitrogens with zero attached hydrogens (tertiary/aromatic N) is 1. The van der Waals surface area contributed by atoms with Gasteiger partial charge in [0.25, 0.3) is 5.91 Å². The van der Waals surface area contributed by atoms with E-state index in [4.69, 9.17) is 10.5 Å². The van der Waals surface area contributed by atoms with E-state index in [0.29, 0.717) is 0 Å². The topological polar surface area (TPSA) is 177 Å². The van der Waals surface area contributed by atoms with Crippen LogP contribution in [0.4, 0.5) is 18.0 Å². The monoisotopic (exact) mass is 669 g/mol. The molecular weight excluding hydrogens is 623 g/mol. The van der Waals surface area contributed by atoms with Gasteiger partial charge in [-0.3, -0.25) is 19.2 Å². The number of ether oxygens (including phenoxy) is 1. The fraction of sp³-hybridized carbons (Fsp3) is 0.812. The Kier molecular flexibility index (Phi) is 8.87. The molecular formula is C32H46F3N5O7. The Bertz CT molecular complexity index is 1330. The molecule has 12 nitrogen and oxygen atoms in total. The molecule has 1 aliphatic heterocycles. The van der Waals surface area contributed by atoms with Crippen LogP contribution in [0, 0.1) is 39.9 Å². The molecule has 15 heteroatoms. The summed E-state index contributed by atoms with van der Waals surface area (Å²) in [4.78, 5) is 79.6. The first-order valence-corrected chi connectivity index (χ1v) is 16.4. The van der Waals surface area contributed by atoms with Crippen LogP contribution in [-0.2, 0) is 28.7 Å². The minimum absolute atomic E-state index is 0.0303. The number of Topliss-reactive ketones (excluding diaryl/α,β-unsaturated/α-hetero) is 1. The third-order valence-electron chi connectivity index (χ3n) is 10.9. The molecule has 4 saturated carbocycles. The van der Waals surface area contributed by atoms with Crippen LogP contribution in [0.1, 0.15) is 79.6 Å². The number of urea groups is 1. The van der Waals surface area contributed by atoms with Crippen molar-refractivity contribution in [3.05, 3.63) is 0 Å². The van der Waals surface area contributed by atoms with Crippen molar-refractivity contribution in [3.8, 4) is 0 Å². The van der Waals surface area contributed by atoms with Gasteiger partial charge in [0.05, 0.1) is 18.1 Å². The lowest BCUT2D eigenvalue weighted by molar-refractivity contribution is -0.199. The van der Waals surface area contributed by atoms with Gasteiger partial charge in [0.1, 0.15) is 18.1 Å². The molecule has 47 heavy (non-hydrogen) atoms. The van der Waals surface area contributed by atoms with Crippen LogP contribution in [0.15, 0.2) is 0 Å². The number of ketones is 1. The number of nitrogens with one attached hydrogen (secondary N) is 3. The van der Waals surface area contributed by atoms with Crippen molar-refractivity contribution in [2.24, 2.45) is 45.7 Å². The number of amides is 5. The molecule has 5 aliphatic rings. The molecule has 0 aromatic rings. The van der Waals surface area contributed by atoms with Gasteiger partial charge in [0.15, 0.2) is 0 Å². The number of fused-ring (bicyclic) bond motifs is 1. The summed E-state index contributed by atoms with van der Waals surface area (Å²) in [6, 6.07) is -6.91. The van der Waals surface area contributed by atoms with Crippen molar-refractivity contribution in [2.45, 2.75) is 110 Å². The van der Waals surface area contributed by atoms with Gasteiger partial charge >= 0.3 is 18.2 Å². The molecule has 0 aromatic carbocycles. The predicted molar refractivity (Wildman–Crippen MR) is 160 cm³/mol. The molecule has 0 spiro atoms. The number of hydrogen-bond donors (Lipinski definition) is 4. The summed E-state index contributed by atoms with van der Waals surface area (Å²) in [6.45, 7) is 8.91. The number of alkyl halides is 3. The summed E-state index contributed by atoms with van der Waals surface area (Å²) in [7, 11) is 0. The van der Waals surface area contributed by atoms with E-state index in [1.54, 1.807) is 20.8 Å². The highest BCUT2D eigenvalue weighted by atomic mass is 19.4. The number of esters is 1. The van der Waals surface area contributed by atoms with Crippen LogP contribution >= 0.6 is 0 Å². The van der Waals surface area contributed by atoms with Gasteiger partial charge in [0, 0.05) is 6.54 Å². The highest BCUT2D eigenvalue weighted by molar-refractivity contribution is 6.37. The van der Waals surface area contributed by atoms with Crippen molar-refractivity contribution in [3.63, 3.8) is 0 Å². The number of halogens is 3. The summed E-state index contributed by atoms with van der Waals surface area (Å²) >= 11 is 0. The first-order chi connectivity index (χ1) is 21.7. The van der Waals surface area contributed by atoms with Crippen molar-refractivity contribution in [1.29, 1.82) is 0 Å². The molecule has 0 aromatic heterocycles. The number of nitrogens with two attached hydrogens (primary N) is 1. The maximum Gasteiger partial charge on any atom is 0.396 e. The standard InChI is InChI=1S/C32H46F3N5O7/c1-29(2,3)23(27(45)47-14-16-8-9-16)39-28(46)38-22(31(10-11-31)32(33,34)35)26(44)40-13-17-19(30(17,4)5)20(40)25(43)37-18(12-15-6-7-15)21(41)24(36)42/h15-20,22-23H,6-14H2,1-5H3,(H2,36,42)(H,37,43)(H2,38,39,46)/t17-,18?,19-,20-,22+,23+/m0/s1. The van der Waals surface area contributed by atoms with Crippen molar-refractivity contribution in [1.82, 2.24) is 20.9 Å². The molecule has 5 fully saturated rings. The summed E-state index contributed by atoms with van der Waals surface area (Å²) < 4.78 is 49.0. The number of likely N-dealkylation sites (tertiary alicyclic amines) is 1. The Morgan fingerprint density at radius 1 is 0.936 bits per heavy atom. The van der Waals surface area contributed by atoms with Gasteiger partial charge in [-0.05, 0) is 66.6 Å². The Morgan fingerprint density at radius 2 is 1.53 bits per heavy atom. The molecule has 1 saturated heterocycles. The lowest BCUT2D eigenvalue weighted by atomic mass is 9.86. The molecule has 0 bridgehead atoms. The molecule has 0 radical (unpaired) electrons. The summed E-state index contributed by atoms with van der Waals surface area (Å²) in [5, 5.41) is 7.26. The molecule has 1 unspecified atom stereocenters. The van der Waals surface area contributed by atoms with E-state index in [-0.39, 0.29) is 37.3 Å². The molecule has 5 N–H and O–H groups in total. The molecule has 4 aliphatic carbocycles. The number of piperidine rings is 1. The third-order valence-corrected chi connectivity index (χ3v) is 10.9. The molecule has 262 valence electrons. The third kappa shape index (κ3) is 7.08. The number of rotatable bonds is 13. The molecule has 1 heterocycles. The van der Waals surface area contributed by atoms with Crippen molar-refractivity contribution < 1.29 is 46.7 Å². The summed E-state index contributed by atoms with van der Waals surface area (Å²) in [5.41, 5.74) is 1.37. The highest BCUT2D eigenvalue weighted by Crippen LogP contribution is 2.66. The normalized spacial score (nSPS) is 27.4. The van der Waals surface area contributed by atoms with Gasteiger partial charge < -0.3 is 31.3 Å². The zero-order chi connectivity index (χ0) is 34.9. The zero-order valence-corrected chi connectivity index (χ0v) is 27.5. The Morgan fingerprint density at radius 3 is 2.02 bits per heavy atom. The molecule has 5 rings (SSSR count). The van der Waals surface area contributed by atoms with E-state index in [2.05, 4.69) is 16.0 Å². The maximum atomic E-state index is 14.6. The number of primary amides is 1. The number of carbonyl (C=O) groups excluding carboxylic acids is 6. The average Bonchev–Trinajstić information content (AvgIpc) is 3.78. The Balaban J connectivity index is 1.38. The van der Waals surface area contributed by atoms with E-state index >= 15 is 0 Å². The smallest absolute Gasteiger partial charge is 0.396 e. The fourth-order valence-electron chi connectivity index (χ4n) is 7.13. The molecule has 6 atom stereocenters. The predicted octanol–water partition coefficient (Wildman–Crippen LogP) is 2.19. The van der Waals surface area contributed by atoms with Crippen LogP contribution in [0.3, 0.4) is 0 Å². The Hall–Kier alpha value is -3.39. The Labute approximate surface area is 271 Å². The van der Waals surface area contributed by atoms with Crippen LogP contribution in [0.5, 0.6) is 0 Å². The fourth-order valence-corrected chi connectivity index (χ4v) is 7.13. The van der Waals surface area contributed by atoms with Crippen LogP contribution in [0.25, 0.3) is 0 Å². The first kappa shape index (κ1) is 34.9. The van der Waals surface area contributed by atoms with Crippen molar-refractivity contribution >= 4 is 35.5 Å². The minimum atomic E-state index is -4.86. The SMILES string of the molecule is CC(C)(C)[C@H](NC(=O)N[C@H](C(=O)N1C[C@H]2[C@@H]([C@H]1C(=O)NC(CC1CC1)C(=O)C(N)=O)C2(C)C)C1(C(F)(F)F)CC1)C(=O)OCC1CC1. The number of carbonyl (C=O) groups is 6. The van der Waals surface area contributed by atoms with Gasteiger partial charge in [-0.2, -0.15) is 13.2 Å². The lowest BCUT2D eigenvalue weighted by Gasteiger charge is -2.37. The first-order valence-electron chi connectivity index (χ1n) is 16.4. The van der Waals surface area contributed by atoms with E-state index in [9.17, 15) is 41.9 Å². The quantitative estimate of drug-likeness (QED) is 0.172. The maximum absolute atomic E-state index is 14.6. The second-order valence-corrected chi connectivity index (χ2v) is 15.9. The summed E-state index contributed by atoms with van der Waals surface area (Å²) in [6.07, 6.45) is -2.05. The van der Waals surface area contributed by atoms with Crippen molar-refractivity contribution in [2.75, 3.05) is 13.2 Å². The average molecular weight is 670 g/mol. The van der Waals surface area contributed by atoms with Crippen LogP contribution in [0.2, 0.25) is 0 Å². The van der Waals surface area contributed by atoms with Gasteiger partial charge in [-0.25, -0.2) is 9.59 Å². The van der Waals surface area contributed by atoms with E-state index in [1.165, 1.54) is 0 Å². The second-order valence-electron chi connectivity index (χ2n) is 15.9. The largest absolute Gasteiger partial charge is 0.464 e.